The number of sulfonamides is 1. The number of carbonyl (C=O) groups is 2. The molecule has 0 saturated heterocycles. The molecule has 0 radical (unpaired) electrons. The average Bonchev–Trinajstić information content (AvgIpc) is 3.54. The third-order valence-corrected chi connectivity index (χ3v) is 11.1. The van der Waals surface area contributed by atoms with Gasteiger partial charge in [0.15, 0.2) is 0 Å². The van der Waals surface area contributed by atoms with Crippen LogP contribution in [0.3, 0.4) is 0 Å². The second-order valence-electron chi connectivity index (χ2n) is 12.2. The number of rotatable bonds is 11. The summed E-state index contributed by atoms with van der Waals surface area (Å²) in [5.74, 6) is -0.373. The molecule has 1 aliphatic rings. The molecule has 3 rings (SSSR count). The van der Waals surface area contributed by atoms with Gasteiger partial charge in [-0.25, -0.2) is 8.42 Å². The van der Waals surface area contributed by atoms with E-state index < -0.39 is 22.2 Å². The van der Waals surface area contributed by atoms with Gasteiger partial charge in [-0.2, -0.15) is 4.31 Å². The lowest BCUT2D eigenvalue weighted by Gasteiger charge is -2.35. The van der Waals surface area contributed by atoms with Crippen LogP contribution >= 0.6 is 11.3 Å². The van der Waals surface area contributed by atoms with Crippen molar-refractivity contribution in [2.45, 2.75) is 75.3 Å². The highest BCUT2D eigenvalue weighted by Crippen LogP contribution is 2.29. The summed E-state index contributed by atoms with van der Waals surface area (Å²) < 4.78 is 40.5. The molecular formula is C32H50N4O7S2. The molecule has 0 unspecified atom stereocenters. The van der Waals surface area contributed by atoms with E-state index in [9.17, 15) is 23.1 Å². The van der Waals surface area contributed by atoms with E-state index in [4.69, 9.17) is 9.47 Å². The average molecular weight is 667 g/mol. The number of ether oxygens (including phenoxy) is 2. The normalized spacial score (nSPS) is 21.2. The molecule has 0 bridgehead atoms. The molecular weight excluding hydrogens is 617 g/mol. The Hall–Kier alpha value is -2.55. The third-order valence-electron chi connectivity index (χ3n) is 7.94. The zero-order valence-electron chi connectivity index (χ0n) is 27.4. The van der Waals surface area contributed by atoms with Crippen molar-refractivity contribution >= 4 is 38.9 Å². The van der Waals surface area contributed by atoms with Crippen molar-refractivity contribution < 1.29 is 32.6 Å². The van der Waals surface area contributed by atoms with Gasteiger partial charge in [-0.1, -0.05) is 13.0 Å². The summed E-state index contributed by atoms with van der Waals surface area (Å²) in [6.45, 7) is 6.90. The van der Waals surface area contributed by atoms with E-state index in [1.54, 1.807) is 54.6 Å². The molecule has 0 spiro atoms. The highest BCUT2D eigenvalue weighted by molar-refractivity contribution is 7.91. The number of nitrogens with zero attached hydrogens (tertiary/aromatic N) is 3. The quantitative estimate of drug-likeness (QED) is 0.366. The lowest BCUT2D eigenvalue weighted by molar-refractivity contribution is -0.116. The van der Waals surface area contributed by atoms with Crippen molar-refractivity contribution in [1.29, 1.82) is 0 Å². The molecule has 13 heteroatoms. The molecule has 11 nitrogen and oxygen atoms in total. The predicted molar refractivity (Wildman–Crippen MR) is 177 cm³/mol. The monoisotopic (exact) mass is 666 g/mol. The molecule has 1 aliphatic heterocycles. The van der Waals surface area contributed by atoms with Gasteiger partial charge in [-0.3, -0.25) is 9.59 Å². The maximum absolute atomic E-state index is 14.3. The van der Waals surface area contributed by atoms with Crippen molar-refractivity contribution in [3.63, 3.8) is 0 Å². The van der Waals surface area contributed by atoms with E-state index >= 15 is 0 Å². The number of likely N-dealkylation sites (N-methyl/N-ethyl adjacent to an activating group) is 1. The smallest absolute Gasteiger partial charge is 0.258 e. The number of fused-ring (bicyclic) bond motifs is 1. The van der Waals surface area contributed by atoms with Gasteiger partial charge in [-0.15, -0.1) is 11.3 Å². The Morgan fingerprint density at radius 3 is 2.62 bits per heavy atom. The van der Waals surface area contributed by atoms with Gasteiger partial charge in [0.25, 0.3) is 15.9 Å². The van der Waals surface area contributed by atoms with Crippen molar-refractivity contribution in [1.82, 2.24) is 14.1 Å². The highest BCUT2D eigenvalue weighted by atomic mass is 32.2. The first-order valence-corrected chi connectivity index (χ1v) is 17.9. The van der Waals surface area contributed by atoms with E-state index in [2.05, 4.69) is 5.32 Å². The summed E-state index contributed by atoms with van der Waals surface area (Å²) in [6.07, 6.45) is 2.67. The Morgan fingerprint density at radius 2 is 1.96 bits per heavy atom. The van der Waals surface area contributed by atoms with E-state index in [0.29, 0.717) is 30.9 Å². The maximum Gasteiger partial charge on any atom is 0.258 e. The predicted octanol–water partition coefficient (Wildman–Crippen LogP) is 4.14. The van der Waals surface area contributed by atoms with Crippen LogP contribution in [0.4, 0.5) is 5.69 Å². The van der Waals surface area contributed by atoms with Gasteiger partial charge in [0.05, 0.1) is 30.4 Å². The number of aliphatic hydroxyl groups excluding tert-OH is 1. The topological polar surface area (TPSA) is 129 Å². The molecule has 1 aromatic carbocycles. The van der Waals surface area contributed by atoms with Crippen LogP contribution in [0.25, 0.3) is 0 Å². The van der Waals surface area contributed by atoms with Crippen LogP contribution in [-0.4, -0.2) is 112 Å². The van der Waals surface area contributed by atoms with Crippen molar-refractivity contribution in [2.24, 2.45) is 5.92 Å². The maximum atomic E-state index is 14.3. The minimum atomic E-state index is -3.70. The third kappa shape index (κ3) is 10.8. The lowest BCUT2D eigenvalue weighted by atomic mass is 10.0. The number of aliphatic hydroxyl groups is 1. The van der Waals surface area contributed by atoms with E-state index in [1.165, 1.54) is 4.31 Å². The van der Waals surface area contributed by atoms with Gasteiger partial charge >= 0.3 is 0 Å². The molecule has 45 heavy (non-hydrogen) atoms. The number of nitrogens with one attached hydrogen (secondary N) is 1. The van der Waals surface area contributed by atoms with E-state index in [-0.39, 0.29) is 53.3 Å². The number of hydrogen-bond donors (Lipinski definition) is 2. The summed E-state index contributed by atoms with van der Waals surface area (Å²) in [6, 6.07) is 7.83. The Morgan fingerprint density at radius 1 is 1.20 bits per heavy atom. The van der Waals surface area contributed by atoms with E-state index in [0.717, 1.165) is 37.1 Å². The molecule has 2 aromatic rings. The summed E-state index contributed by atoms with van der Waals surface area (Å²) in [7, 11) is 1.76. The molecule has 0 saturated carbocycles. The zero-order valence-corrected chi connectivity index (χ0v) is 29.0. The second-order valence-corrected chi connectivity index (χ2v) is 15.4. The molecule has 4 atom stereocenters. The molecule has 0 fully saturated rings. The SMILES string of the molecule is C[C@@H]1CCCCO[C@@H](CN(C)S(=O)(=O)c2cccs2)[C@@H](C)CN([C@H](C)CO)C(=O)c2cc(NC(=O)CCCN(C)C)ccc2O1. The molecule has 1 aromatic heterocycles. The first kappa shape index (κ1) is 36.9. The zero-order chi connectivity index (χ0) is 33.1. The van der Waals surface area contributed by atoms with Gasteiger partial charge in [0.1, 0.15) is 9.96 Å². The Kier molecular flexibility index (Phi) is 14.3. The first-order valence-electron chi connectivity index (χ1n) is 15.6. The number of amides is 2. The molecule has 0 aliphatic carbocycles. The van der Waals surface area contributed by atoms with Crippen LogP contribution in [0.2, 0.25) is 0 Å². The summed E-state index contributed by atoms with van der Waals surface area (Å²) in [5, 5.41) is 14.8. The summed E-state index contributed by atoms with van der Waals surface area (Å²) >= 11 is 1.16. The molecule has 2 N–H and O–H groups in total. The van der Waals surface area contributed by atoms with Crippen LogP contribution in [-0.2, 0) is 19.6 Å². The minimum Gasteiger partial charge on any atom is -0.490 e. The van der Waals surface area contributed by atoms with Crippen LogP contribution in [0.1, 0.15) is 63.2 Å². The number of thiophene rings is 1. The number of hydrogen-bond acceptors (Lipinski definition) is 9. The first-order chi connectivity index (χ1) is 21.3. The summed E-state index contributed by atoms with van der Waals surface area (Å²) in [4.78, 5) is 30.5. The minimum absolute atomic E-state index is 0.108. The molecule has 2 amide bonds. The van der Waals surface area contributed by atoms with Crippen LogP contribution < -0.4 is 10.1 Å². The van der Waals surface area contributed by atoms with Gasteiger partial charge in [-0.05, 0) is 89.8 Å². The number of benzene rings is 1. The van der Waals surface area contributed by atoms with Crippen molar-refractivity contribution in [2.75, 3.05) is 59.3 Å². The Labute approximate surface area is 272 Å². The van der Waals surface area contributed by atoms with Crippen LogP contribution in [0.5, 0.6) is 5.75 Å². The highest BCUT2D eigenvalue weighted by Gasteiger charge is 2.32. The molecule has 2 heterocycles. The number of carbonyl (C=O) groups excluding carboxylic acids is 2. The van der Waals surface area contributed by atoms with E-state index in [1.807, 2.05) is 32.8 Å². The second kappa shape index (κ2) is 17.4. The summed E-state index contributed by atoms with van der Waals surface area (Å²) in [5.41, 5.74) is 0.771. The van der Waals surface area contributed by atoms with Crippen LogP contribution in [0, 0.1) is 5.92 Å². The van der Waals surface area contributed by atoms with Crippen molar-refractivity contribution in [3.05, 3.63) is 41.3 Å². The van der Waals surface area contributed by atoms with Crippen LogP contribution in [0.15, 0.2) is 39.9 Å². The number of anilines is 1. The fraction of sp³-hybridized carbons (Fsp3) is 0.625. The van der Waals surface area contributed by atoms with Gasteiger partial charge in [0.2, 0.25) is 5.91 Å². The largest absolute Gasteiger partial charge is 0.490 e. The Balaban J connectivity index is 1.92. The van der Waals surface area contributed by atoms with Gasteiger partial charge < -0.3 is 29.7 Å². The van der Waals surface area contributed by atoms with Crippen molar-refractivity contribution in [3.8, 4) is 5.75 Å². The fourth-order valence-electron chi connectivity index (χ4n) is 5.16. The lowest BCUT2D eigenvalue weighted by Crippen LogP contribution is -2.48. The van der Waals surface area contributed by atoms with Gasteiger partial charge in [0, 0.05) is 44.8 Å². The Bertz CT molecular complexity index is 1340. The fourth-order valence-corrected chi connectivity index (χ4v) is 7.54. The molecule has 252 valence electrons. The standard InChI is InChI=1S/C32H50N4O7S2/c1-23-20-36(24(2)22-37)32(39)27-19-26(33-30(38)12-9-16-34(4)5)14-15-28(27)43-25(3)11-7-8-17-42-29(23)21-35(6)45(40,41)31-13-10-18-44-31/h10,13-15,18-19,23-25,29,37H,7-9,11-12,16-17,20-22H2,1-6H3,(H,33,38)/t23-,24+,25+,29-/m0/s1.